The summed E-state index contributed by atoms with van der Waals surface area (Å²) in [5, 5.41) is 9.37. The Labute approximate surface area is 258 Å². The predicted octanol–water partition coefficient (Wildman–Crippen LogP) is 4.80. The average molecular weight is 648 g/mol. The number of ether oxygens (including phenoxy) is 1. The molecule has 5 heterocycles. The van der Waals surface area contributed by atoms with Crippen molar-refractivity contribution in [2.75, 3.05) is 30.4 Å². The lowest BCUT2D eigenvalue weighted by atomic mass is 9.90. The molecule has 0 aromatic carbocycles. The molecule has 1 saturated carbocycles. The topological polar surface area (TPSA) is 151 Å². The van der Waals surface area contributed by atoms with Gasteiger partial charge >= 0.3 is 18.2 Å². The maximum absolute atomic E-state index is 13.7. The standard InChI is InChI=1S/C27H26ClF4N11O2/c1-45-25-36-6-14(7-37-25)20-10-34-21(11-33-20)43(26(44)42-12-15(29)13-42)17-4-2-16(3-5-17)39-24-35-8-18(27(30,31)32)22(40-24)23-19(28)9-38-41-23/h6-11,15-17H,2-5,12-13H2,1H3,(H,38,41)(H,35,39,40)/t16-,17-. The van der Waals surface area contributed by atoms with Crippen molar-refractivity contribution in [1.82, 2.24) is 45.0 Å². The Bertz CT molecular complexity index is 1640. The molecule has 1 aliphatic heterocycles. The van der Waals surface area contributed by atoms with E-state index in [0.717, 1.165) is 0 Å². The molecule has 2 fully saturated rings. The number of hydrogen-bond donors (Lipinski definition) is 2. The molecule has 0 unspecified atom stereocenters. The average Bonchev–Trinajstić information content (AvgIpc) is 3.46. The van der Waals surface area contributed by atoms with E-state index in [1.165, 1.54) is 35.5 Å². The number of carbonyl (C=O) groups excluding carboxylic acids is 1. The maximum Gasteiger partial charge on any atom is 0.420 e. The molecule has 13 nitrogen and oxygen atoms in total. The number of H-pyrrole nitrogens is 1. The van der Waals surface area contributed by atoms with Gasteiger partial charge < -0.3 is 15.0 Å². The largest absolute Gasteiger partial charge is 0.467 e. The van der Waals surface area contributed by atoms with Crippen molar-refractivity contribution in [3.05, 3.63) is 47.8 Å². The highest BCUT2D eigenvalue weighted by molar-refractivity contribution is 6.32. The summed E-state index contributed by atoms with van der Waals surface area (Å²) in [5.41, 5.74) is -0.554. The summed E-state index contributed by atoms with van der Waals surface area (Å²) in [4.78, 5) is 41.6. The second-order valence-electron chi connectivity index (χ2n) is 10.6. The first-order chi connectivity index (χ1) is 21.6. The number of nitrogens with zero attached hydrogens (tertiary/aromatic N) is 9. The maximum atomic E-state index is 13.7. The number of methoxy groups -OCH3 is 1. The van der Waals surface area contributed by atoms with E-state index >= 15 is 0 Å². The Kier molecular flexibility index (Phi) is 8.35. The van der Waals surface area contributed by atoms with E-state index in [2.05, 4.69) is 45.4 Å². The monoisotopic (exact) mass is 647 g/mol. The van der Waals surface area contributed by atoms with Crippen LogP contribution >= 0.6 is 11.6 Å². The fourth-order valence-electron chi connectivity index (χ4n) is 5.26. The Morgan fingerprint density at radius 3 is 2.33 bits per heavy atom. The van der Waals surface area contributed by atoms with Crippen LogP contribution in [0.5, 0.6) is 6.01 Å². The summed E-state index contributed by atoms with van der Waals surface area (Å²) < 4.78 is 59.7. The minimum Gasteiger partial charge on any atom is -0.467 e. The van der Waals surface area contributed by atoms with Gasteiger partial charge in [0, 0.05) is 42.4 Å². The number of aromatic amines is 1. The first kappa shape index (κ1) is 30.4. The summed E-state index contributed by atoms with van der Waals surface area (Å²) in [7, 11) is 1.46. The van der Waals surface area contributed by atoms with Crippen molar-refractivity contribution in [2.24, 2.45) is 0 Å². The van der Waals surface area contributed by atoms with Crippen molar-refractivity contribution in [3.63, 3.8) is 0 Å². The molecule has 1 saturated heterocycles. The van der Waals surface area contributed by atoms with Gasteiger partial charge in [-0.15, -0.1) is 0 Å². The fraction of sp³-hybridized carbons (Fsp3) is 0.407. The molecule has 4 aromatic rings. The lowest BCUT2D eigenvalue weighted by Gasteiger charge is -2.42. The van der Waals surface area contributed by atoms with Crippen LogP contribution in [0.2, 0.25) is 5.02 Å². The van der Waals surface area contributed by atoms with E-state index in [1.807, 2.05) is 0 Å². The number of halogens is 5. The number of aromatic nitrogens is 8. The zero-order valence-electron chi connectivity index (χ0n) is 23.7. The van der Waals surface area contributed by atoms with Crippen molar-refractivity contribution >= 4 is 29.4 Å². The highest BCUT2D eigenvalue weighted by atomic mass is 35.5. The first-order valence-electron chi connectivity index (χ1n) is 13.9. The highest BCUT2D eigenvalue weighted by Gasteiger charge is 2.39. The summed E-state index contributed by atoms with van der Waals surface area (Å²) >= 11 is 6.04. The zero-order chi connectivity index (χ0) is 31.7. The van der Waals surface area contributed by atoms with Gasteiger partial charge in [-0.3, -0.25) is 15.0 Å². The first-order valence-corrected chi connectivity index (χ1v) is 14.3. The molecule has 0 atom stereocenters. The molecule has 2 N–H and O–H groups in total. The van der Waals surface area contributed by atoms with E-state index in [-0.39, 0.29) is 53.9 Å². The molecule has 45 heavy (non-hydrogen) atoms. The molecule has 236 valence electrons. The van der Waals surface area contributed by atoms with Gasteiger partial charge in [-0.25, -0.2) is 34.1 Å². The van der Waals surface area contributed by atoms with E-state index in [4.69, 9.17) is 16.3 Å². The minimum atomic E-state index is -4.72. The van der Waals surface area contributed by atoms with Gasteiger partial charge in [0.05, 0.1) is 43.3 Å². The smallest absolute Gasteiger partial charge is 0.420 e. The van der Waals surface area contributed by atoms with Gasteiger partial charge in [-0.05, 0) is 25.7 Å². The van der Waals surface area contributed by atoms with Crippen LogP contribution in [-0.4, -0.2) is 89.5 Å². The zero-order valence-corrected chi connectivity index (χ0v) is 24.4. The molecule has 0 radical (unpaired) electrons. The van der Waals surface area contributed by atoms with Crippen LogP contribution in [-0.2, 0) is 6.18 Å². The number of nitrogens with one attached hydrogen (secondary N) is 2. The van der Waals surface area contributed by atoms with Gasteiger partial charge in [-0.1, -0.05) is 11.6 Å². The van der Waals surface area contributed by atoms with Crippen LogP contribution in [0, 0.1) is 0 Å². The molecule has 6 rings (SSSR count). The van der Waals surface area contributed by atoms with Gasteiger partial charge in [0.1, 0.15) is 23.1 Å². The van der Waals surface area contributed by atoms with Gasteiger partial charge in [0.2, 0.25) is 5.95 Å². The van der Waals surface area contributed by atoms with Gasteiger partial charge in [-0.2, -0.15) is 18.3 Å². The second kappa shape index (κ2) is 12.4. The van der Waals surface area contributed by atoms with Gasteiger partial charge in [0.25, 0.3) is 0 Å². The summed E-state index contributed by atoms with van der Waals surface area (Å²) in [6.07, 6.45) is 4.36. The molecule has 2 amide bonds. The van der Waals surface area contributed by atoms with Crippen molar-refractivity contribution in [3.8, 4) is 28.7 Å². The lowest BCUT2D eigenvalue weighted by molar-refractivity contribution is -0.137. The number of anilines is 2. The highest BCUT2D eigenvalue weighted by Crippen LogP contribution is 2.38. The molecule has 2 aliphatic rings. The summed E-state index contributed by atoms with van der Waals surface area (Å²) in [6.45, 7) is -0.0108. The van der Waals surface area contributed by atoms with Crippen LogP contribution in [0.1, 0.15) is 31.2 Å². The number of urea groups is 1. The molecular formula is C27H26ClF4N11O2. The van der Waals surface area contributed by atoms with Crippen LogP contribution < -0.4 is 15.0 Å². The molecule has 1 aliphatic carbocycles. The molecule has 0 spiro atoms. The Hall–Kier alpha value is -4.67. The Morgan fingerprint density at radius 2 is 1.76 bits per heavy atom. The normalized spacial score (nSPS) is 18.8. The Morgan fingerprint density at radius 1 is 1.02 bits per heavy atom. The molecule has 0 bridgehead atoms. The van der Waals surface area contributed by atoms with Crippen LogP contribution in [0.3, 0.4) is 0 Å². The number of hydrogen-bond acceptors (Lipinski definition) is 10. The van der Waals surface area contributed by atoms with Gasteiger partial charge in [0.15, 0.2) is 5.82 Å². The quantitative estimate of drug-likeness (QED) is 0.268. The number of rotatable bonds is 7. The third-order valence-electron chi connectivity index (χ3n) is 7.61. The van der Waals surface area contributed by atoms with Crippen LogP contribution in [0.25, 0.3) is 22.6 Å². The second-order valence-corrected chi connectivity index (χ2v) is 11.0. The molecular weight excluding hydrogens is 622 g/mol. The van der Waals surface area contributed by atoms with E-state index < -0.39 is 23.6 Å². The molecule has 18 heteroatoms. The number of carbonyl (C=O) groups is 1. The summed E-state index contributed by atoms with van der Waals surface area (Å²) in [6, 6.07) is -0.647. The van der Waals surface area contributed by atoms with Crippen molar-refractivity contribution in [1.29, 1.82) is 0 Å². The SMILES string of the molecule is COc1ncc(-c2cnc(N(C(=O)N3CC(F)C3)[C@H]3CC[C@H](Nc4ncc(C(F)(F)F)c(-c5n[nH]cc5Cl)n4)CC3)cn2)cn1. The fourth-order valence-corrected chi connectivity index (χ4v) is 5.45. The van der Waals surface area contributed by atoms with Crippen molar-refractivity contribution < 1.29 is 27.1 Å². The van der Waals surface area contributed by atoms with Crippen LogP contribution in [0.15, 0.2) is 37.2 Å². The van der Waals surface area contributed by atoms with E-state index in [1.54, 1.807) is 12.4 Å². The van der Waals surface area contributed by atoms with E-state index in [9.17, 15) is 22.4 Å². The third-order valence-corrected chi connectivity index (χ3v) is 7.90. The molecule has 4 aromatic heterocycles. The van der Waals surface area contributed by atoms with Crippen molar-refractivity contribution in [2.45, 2.75) is 50.1 Å². The minimum absolute atomic E-state index is 0.00541. The number of amides is 2. The van der Waals surface area contributed by atoms with E-state index in [0.29, 0.717) is 49.0 Å². The third kappa shape index (κ3) is 6.43. The summed E-state index contributed by atoms with van der Waals surface area (Å²) in [5.74, 6) is 0.301. The lowest BCUT2D eigenvalue weighted by Crippen LogP contribution is -2.59. The Balaban J connectivity index is 1.18. The predicted molar refractivity (Wildman–Crippen MR) is 153 cm³/mol. The number of likely N-dealkylation sites (tertiary alicyclic amines) is 1. The number of alkyl halides is 4. The van der Waals surface area contributed by atoms with Crippen LogP contribution in [0.4, 0.5) is 34.1 Å².